The van der Waals surface area contributed by atoms with E-state index >= 15 is 0 Å². The molecule has 160 valence electrons. The summed E-state index contributed by atoms with van der Waals surface area (Å²) in [4.78, 5) is 18.0. The minimum absolute atomic E-state index is 0. The average Bonchev–Trinajstić information content (AvgIpc) is 2.60. The molecule has 1 amide bonds. The monoisotopic (exact) mass is 495 g/mol. The lowest BCUT2D eigenvalue weighted by Gasteiger charge is -2.30. The van der Waals surface area contributed by atoms with Gasteiger partial charge in [-0.3, -0.25) is 9.79 Å². The summed E-state index contributed by atoms with van der Waals surface area (Å²) in [6.45, 7) is 10.8. The van der Waals surface area contributed by atoms with Crippen LogP contribution in [0.15, 0.2) is 4.99 Å². The topological polar surface area (TPSA) is 82.8 Å². The highest BCUT2D eigenvalue weighted by Crippen LogP contribution is 2.16. The molecule has 7 heteroatoms. The first-order valence-electron chi connectivity index (χ1n) is 10.4. The molecule has 1 unspecified atom stereocenters. The van der Waals surface area contributed by atoms with E-state index in [4.69, 9.17) is 5.73 Å². The van der Waals surface area contributed by atoms with Crippen molar-refractivity contribution in [2.75, 3.05) is 33.2 Å². The molecule has 0 spiro atoms. The Labute approximate surface area is 183 Å². The maximum Gasteiger partial charge on any atom is 0.220 e. The SMILES string of the molecule is CN=C(NCCCCN1CCC(C(N)=O)CC1)NC(C)CCCC(C)C.I. The van der Waals surface area contributed by atoms with Gasteiger partial charge in [0, 0.05) is 25.6 Å². The Balaban J connectivity index is 0.00000676. The van der Waals surface area contributed by atoms with Crippen LogP contribution in [0.2, 0.25) is 0 Å². The van der Waals surface area contributed by atoms with Crippen LogP contribution in [0, 0.1) is 11.8 Å². The number of hydrogen-bond acceptors (Lipinski definition) is 3. The van der Waals surface area contributed by atoms with E-state index in [1.54, 1.807) is 0 Å². The minimum atomic E-state index is -0.133. The second-order valence-electron chi connectivity index (χ2n) is 8.09. The molecule has 0 aliphatic carbocycles. The number of guanidine groups is 1. The van der Waals surface area contributed by atoms with Crippen molar-refractivity contribution in [1.82, 2.24) is 15.5 Å². The third kappa shape index (κ3) is 12.5. The fourth-order valence-electron chi connectivity index (χ4n) is 3.44. The number of rotatable bonds is 11. The van der Waals surface area contributed by atoms with Crippen molar-refractivity contribution in [3.63, 3.8) is 0 Å². The zero-order chi connectivity index (χ0) is 19.4. The van der Waals surface area contributed by atoms with Gasteiger partial charge < -0.3 is 21.3 Å². The number of aliphatic imine (C=N–C) groups is 1. The van der Waals surface area contributed by atoms with Gasteiger partial charge in [0.15, 0.2) is 5.96 Å². The van der Waals surface area contributed by atoms with Crippen LogP contribution in [0.1, 0.15) is 65.7 Å². The lowest BCUT2D eigenvalue weighted by Crippen LogP contribution is -2.42. The van der Waals surface area contributed by atoms with E-state index in [9.17, 15) is 4.79 Å². The molecule has 1 fully saturated rings. The summed E-state index contributed by atoms with van der Waals surface area (Å²) in [6.07, 6.45) is 7.84. The maximum absolute atomic E-state index is 11.2. The van der Waals surface area contributed by atoms with Gasteiger partial charge in [0.25, 0.3) is 0 Å². The molecule has 0 aromatic heterocycles. The van der Waals surface area contributed by atoms with Crippen LogP contribution >= 0.6 is 24.0 Å². The quantitative estimate of drug-likeness (QED) is 0.178. The van der Waals surface area contributed by atoms with Crippen LogP contribution in [0.25, 0.3) is 0 Å². The smallest absolute Gasteiger partial charge is 0.220 e. The van der Waals surface area contributed by atoms with Crippen LogP contribution in [0.4, 0.5) is 0 Å². The van der Waals surface area contributed by atoms with Gasteiger partial charge in [-0.1, -0.05) is 26.7 Å². The van der Waals surface area contributed by atoms with E-state index in [0.29, 0.717) is 6.04 Å². The Hall–Kier alpha value is -0.570. The van der Waals surface area contributed by atoms with Gasteiger partial charge in [-0.05, 0) is 64.6 Å². The van der Waals surface area contributed by atoms with Crippen LogP contribution in [0.3, 0.4) is 0 Å². The molecule has 1 atom stereocenters. The van der Waals surface area contributed by atoms with Crippen molar-refractivity contribution in [2.24, 2.45) is 22.6 Å². The number of carbonyl (C=O) groups is 1. The maximum atomic E-state index is 11.2. The van der Waals surface area contributed by atoms with Gasteiger partial charge >= 0.3 is 0 Å². The van der Waals surface area contributed by atoms with E-state index in [1.165, 1.54) is 19.3 Å². The molecule has 1 aliphatic heterocycles. The number of nitrogens with zero attached hydrogens (tertiary/aromatic N) is 2. The Kier molecular flexibility index (Phi) is 15.0. The Morgan fingerprint density at radius 2 is 1.81 bits per heavy atom. The molecule has 0 aromatic rings. The minimum Gasteiger partial charge on any atom is -0.369 e. The van der Waals surface area contributed by atoms with E-state index in [-0.39, 0.29) is 35.8 Å². The zero-order valence-corrected chi connectivity index (χ0v) is 20.1. The number of nitrogens with one attached hydrogen (secondary N) is 2. The van der Waals surface area contributed by atoms with Crippen molar-refractivity contribution in [3.05, 3.63) is 0 Å². The lowest BCUT2D eigenvalue weighted by molar-refractivity contribution is -0.123. The number of hydrogen-bond donors (Lipinski definition) is 3. The van der Waals surface area contributed by atoms with Crippen molar-refractivity contribution in [2.45, 2.75) is 71.8 Å². The number of likely N-dealkylation sites (tertiary alicyclic amines) is 1. The van der Waals surface area contributed by atoms with Gasteiger partial charge in [-0.2, -0.15) is 0 Å². The predicted molar refractivity (Wildman–Crippen MR) is 126 cm³/mol. The van der Waals surface area contributed by atoms with Crippen LogP contribution < -0.4 is 16.4 Å². The molecular formula is C20H42IN5O. The van der Waals surface area contributed by atoms with Crippen LogP contribution in [0.5, 0.6) is 0 Å². The van der Waals surface area contributed by atoms with Crippen molar-refractivity contribution >= 4 is 35.8 Å². The van der Waals surface area contributed by atoms with E-state index < -0.39 is 0 Å². The first kappa shape index (κ1) is 26.4. The largest absolute Gasteiger partial charge is 0.369 e. The first-order valence-corrected chi connectivity index (χ1v) is 10.4. The number of amides is 1. The number of nitrogens with two attached hydrogens (primary N) is 1. The molecular weight excluding hydrogens is 453 g/mol. The van der Waals surface area contributed by atoms with E-state index in [2.05, 4.69) is 41.3 Å². The highest BCUT2D eigenvalue weighted by atomic mass is 127. The zero-order valence-electron chi connectivity index (χ0n) is 17.8. The molecule has 0 aromatic carbocycles. The molecule has 4 N–H and O–H groups in total. The lowest BCUT2D eigenvalue weighted by atomic mass is 9.96. The summed E-state index contributed by atoms with van der Waals surface area (Å²) in [6, 6.07) is 0.450. The molecule has 1 heterocycles. The molecule has 1 rings (SSSR count). The summed E-state index contributed by atoms with van der Waals surface area (Å²) >= 11 is 0. The number of unbranched alkanes of at least 4 members (excludes halogenated alkanes) is 1. The number of piperidine rings is 1. The van der Waals surface area contributed by atoms with E-state index in [1.807, 2.05) is 7.05 Å². The van der Waals surface area contributed by atoms with Gasteiger partial charge in [0.1, 0.15) is 0 Å². The molecule has 6 nitrogen and oxygen atoms in total. The fraction of sp³-hybridized carbons (Fsp3) is 0.900. The summed E-state index contributed by atoms with van der Waals surface area (Å²) in [5.41, 5.74) is 5.39. The second kappa shape index (κ2) is 15.4. The van der Waals surface area contributed by atoms with Gasteiger partial charge in [0.2, 0.25) is 5.91 Å². The van der Waals surface area contributed by atoms with Gasteiger partial charge in [0.05, 0.1) is 0 Å². The summed E-state index contributed by atoms with van der Waals surface area (Å²) in [5, 5.41) is 6.90. The van der Waals surface area contributed by atoms with Crippen molar-refractivity contribution in [3.8, 4) is 0 Å². The molecule has 0 saturated carbocycles. The number of halogens is 1. The first-order chi connectivity index (χ1) is 12.4. The molecule has 0 radical (unpaired) electrons. The molecule has 1 aliphatic rings. The Bertz CT molecular complexity index is 423. The average molecular weight is 495 g/mol. The molecule has 0 bridgehead atoms. The van der Waals surface area contributed by atoms with Gasteiger partial charge in [-0.15, -0.1) is 24.0 Å². The number of primary amides is 1. The predicted octanol–water partition coefficient (Wildman–Crippen LogP) is 2.96. The second-order valence-corrected chi connectivity index (χ2v) is 8.09. The third-order valence-corrected chi connectivity index (χ3v) is 5.21. The van der Waals surface area contributed by atoms with Crippen molar-refractivity contribution < 1.29 is 4.79 Å². The van der Waals surface area contributed by atoms with Crippen molar-refractivity contribution in [1.29, 1.82) is 0 Å². The Morgan fingerprint density at radius 1 is 1.15 bits per heavy atom. The summed E-state index contributed by atoms with van der Waals surface area (Å²) in [5.74, 6) is 1.64. The summed E-state index contributed by atoms with van der Waals surface area (Å²) in [7, 11) is 1.83. The Morgan fingerprint density at radius 3 is 2.37 bits per heavy atom. The van der Waals surface area contributed by atoms with Crippen LogP contribution in [-0.4, -0.2) is 56.0 Å². The van der Waals surface area contributed by atoms with Gasteiger partial charge in [-0.25, -0.2) is 0 Å². The fourth-order valence-corrected chi connectivity index (χ4v) is 3.44. The standard InChI is InChI=1S/C20H41N5O.HI/c1-16(2)8-7-9-17(3)24-20(22-4)23-12-5-6-13-25-14-10-18(11-15-25)19(21)26;/h16-18H,5-15H2,1-4H3,(H2,21,26)(H2,22,23,24);1H. The highest BCUT2D eigenvalue weighted by molar-refractivity contribution is 14.0. The molecule has 1 saturated heterocycles. The van der Waals surface area contributed by atoms with Crippen LogP contribution in [-0.2, 0) is 4.79 Å². The third-order valence-electron chi connectivity index (χ3n) is 5.21. The molecule has 27 heavy (non-hydrogen) atoms. The summed E-state index contributed by atoms with van der Waals surface area (Å²) < 4.78 is 0. The van der Waals surface area contributed by atoms with E-state index in [0.717, 1.165) is 63.7 Å². The normalized spacial score (nSPS) is 17.4. The number of carbonyl (C=O) groups excluding carboxylic acids is 1. The highest BCUT2D eigenvalue weighted by Gasteiger charge is 2.22.